The van der Waals surface area contributed by atoms with Gasteiger partial charge in [-0.1, -0.05) is 49.2 Å². The van der Waals surface area contributed by atoms with Gasteiger partial charge in [-0.15, -0.1) is 0 Å². The van der Waals surface area contributed by atoms with Crippen LogP contribution in [0.1, 0.15) is 38.5 Å². The van der Waals surface area contributed by atoms with Gasteiger partial charge in [-0.3, -0.25) is 0 Å². The van der Waals surface area contributed by atoms with E-state index in [1.807, 2.05) is 6.08 Å². The van der Waals surface area contributed by atoms with E-state index >= 15 is 0 Å². The molecule has 0 bridgehead atoms. The first kappa shape index (κ1) is 12.7. The van der Waals surface area contributed by atoms with Crippen LogP contribution in [0.3, 0.4) is 0 Å². The number of unbranched alkanes of at least 4 members (excludes halogenated alkanes) is 4. The van der Waals surface area contributed by atoms with Crippen molar-refractivity contribution < 1.29 is 5.11 Å². The molecule has 1 unspecified atom stereocenters. The number of aliphatic hydroxyl groups excluding tert-OH is 1. The van der Waals surface area contributed by atoms with Crippen molar-refractivity contribution in [1.29, 1.82) is 0 Å². The zero-order valence-electron chi connectivity index (χ0n) is 8.08. The largest absolute Gasteiger partial charge is 0.378 e. The predicted octanol–water partition coefficient (Wildman–Crippen LogP) is 3.63. The lowest BCUT2D eigenvalue weighted by Crippen LogP contribution is -1.94. The summed E-state index contributed by atoms with van der Waals surface area (Å²) in [5.74, 6) is 0. The fraction of sp³-hybridized carbons (Fsp3) is 0.636. The lowest BCUT2D eigenvalue weighted by molar-refractivity contribution is 0.240. The number of alkyl halides is 1. The molecule has 0 aromatic carbocycles. The third-order valence-corrected chi connectivity index (χ3v) is 2.05. The Morgan fingerprint density at radius 2 is 1.92 bits per heavy atom. The Balaban J connectivity index is 2.99. The summed E-state index contributed by atoms with van der Waals surface area (Å²) in [6.45, 7) is 3.60. The average molecular weight is 203 g/mol. The first-order valence-corrected chi connectivity index (χ1v) is 5.30. The van der Waals surface area contributed by atoms with Gasteiger partial charge in [-0.2, -0.15) is 0 Å². The maximum Gasteiger partial charge on any atom is 0.128 e. The van der Waals surface area contributed by atoms with Crippen molar-refractivity contribution in [2.75, 3.05) is 0 Å². The summed E-state index contributed by atoms with van der Waals surface area (Å²) in [5, 5.41) is 8.77. The molecule has 0 aromatic rings. The molecule has 0 aliphatic carbocycles. The van der Waals surface area contributed by atoms with Crippen LogP contribution in [0.2, 0.25) is 0 Å². The van der Waals surface area contributed by atoms with Gasteiger partial charge in [0.2, 0.25) is 0 Å². The van der Waals surface area contributed by atoms with Crippen LogP contribution in [-0.4, -0.2) is 10.7 Å². The molecule has 0 fully saturated rings. The predicted molar refractivity (Wildman–Crippen MR) is 58.9 cm³/mol. The van der Waals surface area contributed by atoms with Gasteiger partial charge in [-0.25, -0.2) is 0 Å². The van der Waals surface area contributed by atoms with Crippen LogP contribution in [0, 0.1) is 0 Å². The SMILES string of the molecule is C=CC=CCCCCCCC(O)Cl. The average Bonchev–Trinajstić information content (AvgIpc) is 2.09. The third kappa shape index (κ3) is 11.7. The minimum absolute atomic E-state index is 0.652. The number of halogens is 1. The highest BCUT2D eigenvalue weighted by atomic mass is 35.5. The standard InChI is InChI=1S/C11H19ClO/c1-2-3-4-5-6-7-8-9-10-11(12)13/h2-4,11,13H,1,5-10H2. The van der Waals surface area contributed by atoms with E-state index in [0.29, 0.717) is 6.42 Å². The summed E-state index contributed by atoms with van der Waals surface area (Å²) >= 11 is 5.39. The fourth-order valence-electron chi connectivity index (χ4n) is 1.12. The summed E-state index contributed by atoms with van der Waals surface area (Å²) in [5.41, 5.74) is -0.652. The molecule has 1 atom stereocenters. The molecule has 2 heteroatoms. The van der Waals surface area contributed by atoms with Gasteiger partial charge < -0.3 is 5.11 Å². The lowest BCUT2D eigenvalue weighted by Gasteiger charge is -2.00. The van der Waals surface area contributed by atoms with E-state index in [2.05, 4.69) is 12.7 Å². The number of hydrogen-bond acceptors (Lipinski definition) is 1. The number of aliphatic hydroxyl groups is 1. The van der Waals surface area contributed by atoms with Gasteiger partial charge >= 0.3 is 0 Å². The summed E-state index contributed by atoms with van der Waals surface area (Å²) < 4.78 is 0. The second kappa shape index (κ2) is 9.82. The third-order valence-electron chi connectivity index (χ3n) is 1.84. The second-order valence-electron chi connectivity index (χ2n) is 3.09. The summed E-state index contributed by atoms with van der Waals surface area (Å²) in [4.78, 5) is 0. The van der Waals surface area contributed by atoms with Crippen LogP contribution in [-0.2, 0) is 0 Å². The van der Waals surface area contributed by atoms with E-state index in [1.54, 1.807) is 6.08 Å². The minimum atomic E-state index is -0.652. The second-order valence-corrected chi connectivity index (χ2v) is 3.59. The monoisotopic (exact) mass is 202 g/mol. The number of allylic oxidation sites excluding steroid dienone is 3. The van der Waals surface area contributed by atoms with Crippen LogP contribution >= 0.6 is 11.6 Å². The van der Waals surface area contributed by atoms with E-state index in [-0.39, 0.29) is 0 Å². The van der Waals surface area contributed by atoms with E-state index in [9.17, 15) is 0 Å². The molecule has 0 aliphatic rings. The normalized spacial score (nSPS) is 13.4. The van der Waals surface area contributed by atoms with Gasteiger partial charge in [0.1, 0.15) is 5.56 Å². The van der Waals surface area contributed by atoms with Crippen molar-refractivity contribution in [1.82, 2.24) is 0 Å². The molecule has 1 N–H and O–H groups in total. The quantitative estimate of drug-likeness (QED) is 0.362. The van der Waals surface area contributed by atoms with Crippen molar-refractivity contribution in [2.24, 2.45) is 0 Å². The van der Waals surface area contributed by atoms with Crippen molar-refractivity contribution in [3.63, 3.8) is 0 Å². The van der Waals surface area contributed by atoms with Crippen LogP contribution < -0.4 is 0 Å². The van der Waals surface area contributed by atoms with E-state index in [1.165, 1.54) is 12.8 Å². The molecule has 0 saturated carbocycles. The molecule has 0 amide bonds. The van der Waals surface area contributed by atoms with Crippen molar-refractivity contribution in [2.45, 2.75) is 44.1 Å². The van der Waals surface area contributed by atoms with E-state index < -0.39 is 5.56 Å². The Morgan fingerprint density at radius 1 is 1.23 bits per heavy atom. The summed E-state index contributed by atoms with van der Waals surface area (Å²) in [6, 6.07) is 0. The highest BCUT2D eigenvalue weighted by Gasteiger charge is 1.96. The van der Waals surface area contributed by atoms with Gasteiger partial charge in [0.25, 0.3) is 0 Å². The van der Waals surface area contributed by atoms with Crippen LogP contribution in [0.5, 0.6) is 0 Å². The first-order valence-electron chi connectivity index (χ1n) is 4.87. The molecule has 0 aromatic heterocycles. The molecule has 1 nitrogen and oxygen atoms in total. The molecular weight excluding hydrogens is 184 g/mol. The van der Waals surface area contributed by atoms with Gasteiger partial charge in [0, 0.05) is 0 Å². The highest BCUT2D eigenvalue weighted by molar-refractivity contribution is 6.19. The zero-order chi connectivity index (χ0) is 9.94. The lowest BCUT2D eigenvalue weighted by atomic mass is 10.1. The van der Waals surface area contributed by atoms with Crippen molar-refractivity contribution >= 4 is 11.6 Å². The molecule has 0 saturated heterocycles. The Kier molecular flexibility index (Phi) is 9.61. The molecule has 0 spiro atoms. The number of hydrogen-bond donors (Lipinski definition) is 1. The molecule has 76 valence electrons. The van der Waals surface area contributed by atoms with Gasteiger partial charge in [0.15, 0.2) is 0 Å². The van der Waals surface area contributed by atoms with Crippen LogP contribution in [0.25, 0.3) is 0 Å². The highest BCUT2D eigenvalue weighted by Crippen LogP contribution is 2.09. The Bertz CT molecular complexity index is 141. The van der Waals surface area contributed by atoms with Crippen molar-refractivity contribution in [3.8, 4) is 0 Å². The zero-order valence-corrected chi connectivity index (χ0v) is 8.84. The molecule has 0 aliphatic heterocycles. The fourth-order valence-corrected chi connectivity index (χ4v) is 1.28. The topological polar surface area (TPSA) is 20.2 Å². The Labute approximate surface area is 86.1 Å². The molecule has 13 heavy (non-hydrogen) atoms. The Morgan fingerprint density at radius 3 is 2.54 bits per heavy atom. The van der Waals surface area contributed by atoms with Gasteiger partial charge in [-0.05, 0) is 25.7 Å². The van der Waals surface area contributed by atoms with Crippen LogP contribution in [0.4, 0.5) is 0 Å². The minimum Gasteiger partial charge on any atom is -0.378 e. The van der Waals surface area contributed by atoms with E-state index in [4.69, 9.17) is 16.7 Å². The summed E-state index contributed by atoms with van der Waals surface area (Å²) in [6.07, 6.45) is 12.3. The number of rotatable bonds is 8. The summed E-state index contributed by atoms with van der Waals surface area (Å²) in [7, 11) is 0. The maximum absolute atomic E-state index is 8.77. The van der Waals surface area contributed by atoms with Crippen molar-refractivity contribution in [3.05, 3.63) is 24.8 Å². The molecule has 0 heterocycles. The molecule has 0 rings (SSSR count). The smallest absolute Gasteiger partial charge is 0.128 e. The maximum atomic E-state index is 8.77. The molecular formula is C11H19ClO. The Hall–Kier alpha value is -0.270. The van der Waals surface area contributed by atoms with E-state index in [0.717, 1.165) is 19.3 Å². The first-order chi connectivity index (χ1) is 6.27. The van der Waals surface area contributed by atoms with Gasteiger partial charge in [0.05, 0.1) is 0 Å². The molecule has 0 radical (unpaired) electrons. The van der Waals surface area contributed by atoms with Crippen LogP contribution in [0.15, 0.2) is 24.8 Å².